The van der Waals surface area contributed by atoms with Gasteiger partial charge in [0.05, 0.1) is 5.92 Å². The van der Waals surface area contributed by atoms with Gasteiger partial charge < -0.3 is 16.0 Å². The van der Waals surface area contributed by atoms with E-state index in [1.807, 2.05) is 4.90 Å². The SMILES string of the molecule is Cl.NC1C2CCC(C2)C1C(=O)NCCCN1CCCCCC1=O. The Labute approximate surface area is 145 Å². The molecule has 23 heavy (non-hydrogen) atoms. The molecule has 5 nitrogen and oxygen atoms in total. The Hall–Kier alpha value is -0.810. The predicted molar refractivity (Wildman–Crippen MR) is 92.2 cm³/mol. The number of hydrogen-bond donors (Lipinski definition) is 2. The standard InChI is InChI=1S/C17H29N3O2.ClH/c18-16-13-7-6-12(11-13)15(16)17(22)19-8-4-10-20-9-3-1-2-5-14(20)21;/h12-13,15-16H,1-11,18H2,(H,19,22);1H. The molecule has 4 unspecified atom stereocenters. The maximum absolute atomic E-state index is 12.3. The summed E-state index contributed by atoms with van der Waals surface area (Å²) in [6.45, 7) is 2.30. The molecule has 3 fully saturated rings. The number of carbonyl (C=O) groups excluding carboxylic acids is 2. The van der Waals surface area contributed by atoms with Crippen molar-refractivity contribution in [3.8, 4) is 0 Å². The van der Waals surface area contributed by atoms with Crippen molar-refractivity contribution in [1.82, 2.24) is 10.2 Å². The van der Waals surface area contributed by atoms with Gasteiger partial charge in [0.2, 0.25) is 11.8 Å². The molecule has 0 aromatic heterocycles. The van der Waals surface area contributed by atoms with Crippen LogP contribution in [0.15, 0.2) is 0 Å². The van der Waals surface area contributed by atoms with Gasteiger partial charge in [0.25, 0.3) is 0 Å². The number of amides is 2. The fourth-order valence-corrected chi connectivity index (χ4v) is 4.60. The third kappa shape index (κ3) is 4.18. The zero-order valence-corrected chi connectivity index (χ0v) is 14.7. The van der Waals surface area contributed by atoms with Crippen molar-refractivity contribution in [2.45, 2.75) is 57.4 Å². The Morgan fingerprint density at radius 2 is 2.00 bits per heavy atom. The molecule has 1 saturated heterocycles. The number of carbonyl (C=O) groups is 2. The average Bonchev–Trinajstić information content (AvgIpc) is 3.03. The quantitative estimate of drug-likeness (QED) is 0.746. The maximum Gasteiger partial charge on any atom is 0.224 e. The van der Waals surface area contributed by atoms with Gasteiger partial charge in [-0.05, 0) is 50.4 Å². The van der Waals surface area contributed by atoms with E-state index < -0.39 is 0 Å². The van der Waals surface area contributed by atoms with Gasteiger partial charge in [-0.2, -0.15) is 0 Å². The van der Waals surface area contributed by atoms with Gasteiger partial charge in [-0.1, -0.05) is 6.42 Å². The minimum Gasteiger partial charge on any atom is -0.356 e. The molecule has 0 aromatic carbocycles. The lowest BCUT2D eigenvalue weighted by Gasteiger charge is -2.27. The summed E-state index contributed by atoms with van der Waals surface area (Å²) >= 11 is 0. The second-order valence-electron chi connectivity index (χ2n) is 7.27. The monoisotopic (exact) mass is 343 g/mol. The number of nitrogens with two attached hydrogens (primary N) is 1. The van der Waals surface area contributed by atoms with Crippen molar-refractivity contribution < 1.29 is 9.59 Å². The molecule has 2 aliphatic carbocycles. The van der Waals surface area contributed by atoms with Crippen LogP contribution in [-0.2, 0) is 9.59 Å². The molecular weight excluding hydrogens is 314 g/mol. The van der Waals surface area contributed by atoms with E-state index in [9.17, 15) is 9.59 Å². The first-order valence-corrected chi connectivity index (χ1v) is 8.98. The highest BCUT2D eigenvalue weighted by Crippen LogP contribution is 2.47. The van der Waals surface area contributed by atoms with E-state index in [4.69, 9.17) is 5.73 Å². The Balaban J connectivity index is 0.00000192. The average molecular weight is 344 g/mol. The number of halogens is 1. The predicted octanol–water partition coefficient (Wildman–Crippen LogP) is 1.69. The van der Waals surface area contributed by atoms with E-state index in [0.717, 1.165) is 45.2 Å². The van der Waals surface area contributed by atoms with Crippen LogP contribution < -0.4 is 11.1 Å². The fraction of sp³-hybridized carbons (Fsp3) is 0.882. The summed E-state index contributed by atoms with van der Waals surface area (Å²) in [5.74, 6) is 1.52. The molecule has 2 saturated carbocycles. The molecule has 1 heterocycles. The van der Waals surface area contributed by atoms with Crippen LogP contribution in [0.4, 0.5) is 0 Å². The van der Waals surface area contributed by atoms with Gasteiger partial charge in [0.15, 0.2) is 0 Å². The molecule has 3 rings (SSSR count). The second-order valence-corrected chi connectivity index (χ2v) is 7.27. The van der Waals surface area contributed by atoms with Crippen molar-refractivity contribution in [2.75, 3.05) is 19.6 Å². The van der Waals surface area contributed by atoms with Crippen LogP contribution >= 0.6 is 12.4 Å². The van der Waals surface area contributed by atoms with E-state index in [1.54, 1.807) is 0 Å². The normalized spacial score (nSPS) is 33.3. The molecular formula is C17H30ClN3O2. The largest absolute Gasteiger partial charge is 0.356 e. The van der Waals surface area contributed by atoms with Crippen LogP contribution in [0.5, 0.6) is 0 Å². The number of fused-ring (bicyclic) bond motifs is 2. The summed E-state index contributed by atoms with van der Waals surface area (Å²) in [5.41, 5.74) is 6.21. The maximum atomic E-state index is 12.3. The van der Waals surface area contributed by atoms with Gasteiger partial charge >= 0.3 is 0 Å². The number of hydrogen-bond acceptors (Lipinski definition) is 3. The lowest BCUT2D eigenvalue weighted by atomic mass is 9.84. The van der Waals surface area contributed by atoms with Gasteiger partial charge in [-0.3, -0.25) is 9.59 Å². The van der Waals surface area contributed by atoms with Crippen molar-refractivity contribution in [1.29, 1.82) is 0 Å². The molecule has 4 atom stereocenters. The minimum atomic E-state index is 0. The number of likely N-dealkylation sites (tertiary alicyclic amines) is 1. The summed E-state index contributed by atoms with van der Waals surface area (Å²) in [6.07, 6.45) is 8.32. The summed E-state index contributed by atoms with van der Waals surface area (Å²) in [4.78, 5) is 26.2. The number of nitrogens with zero attached hydrogens (tertiary/aromatic N) is 1. The first-order chi connectivity index (χ1) is 10.7. The Morgan fingerprint density at radius 3 is 2.74 bits per heavy atom. The Bertz CT molecular complexity index is 430. The molecule has 3 aliphatic rings. The molecule has 0 radical (unpaired) electrons. The topological polar surface area (TPSA) is 75.4 Å². The molecule has 6 heteroatoms. The third-order valence-electron chi connectivity index (χ3n) is 5.86. The second kappa shape index (κ2) is 8.34. The Kier molecular flexibility index (Phi) is 6.72. The highest BCUT2D eigenvalue weighted by atomic mass is 35.5. The first kappa shape index (κ1) is 18.5. The Morgan fingerprint density at radius 1 is 1.22 bits per heavy atom. The van der Waals surface area contributed by atoms with Crippen LogP contribution in [0.3, 0.4) is 0 Å². The summed E-state index contributed by atoms with van der Waals surface area (Å²) in [5, 5.41) is 3.05. The summed E-state index contributed by atoms with van der Waals surface area (Å²) < 4.78 is 0. The lowest BCUT2D eigenvalue weighted by molar-refractivity contribution is -0.130. The number of nitrogens with one attached hydrogen (secondary N) is 1. The zero-order valence-electron chi connectivity index (χ0n) is 13.8. The third-order valence-corrected chi connectivity index (χ3v) is 5.86. The van der Waals surface area contributed by atoms with Gasteiger partial charge in [-0.15, -0.1) is 12.4 Å². The number of rotatable bonds is 5. The molecule has 3 N–H and O–H groups in total. The van der Waals surface area contributed by atoms with Crippen molar-refractivity contribution in [3.63, 3.8) is 0 Å². The van der Waals surface area contributed by atoms with Crippen molar-refractivity contribution in [2.24, 2.45) is 23.5 Å². The van der Waals surface area contributed by atoms with Gasteiger partial charge in [0, 0.05) is 32.1 Å². The summed E-state index contributed by atoms with van der Waals surface area (Å²) in [7, 11) is 0. The van der Waals surface area contributed by atoms with Crippen LogP contribution in [0.1, 0.15) is 51.4 Å². The highest BCUT2D eigenvalue weighted by molar-refractivity contribution is 5.85. The van der Waals surface area contributed by atoms with E-state index >= 15 is 0 Å². The van der Waals surface area contributed by atoms with E-state index in [2.05, 4.69) is 5.32 Å². The summed E-state index contributed by atoms with van der Waals surface area (Å²) in [6, 6.07) is 0.0611. The fourth-order valence-electron chi connectivity index (χ4n) is 4.60. The lowest BCUT2D eigenvalue weighted by Crippen LogP contribution is -2.45. The molecule has 2 bridgehead atoms. The molecule has 0 spiro atoms. The molecule has 0 aromatic rings. The van der Waals surface area contributed by atoms with Gasteiger partial charge in [-0.25, -0.2) is 0 Å². The van der Waals surface area contributed by atoms with E-state index in [-0.39, 0.29) is 36.2 Å². The highest BCUT2D eigenvalue weighted by Gasteiger charge is 2.48. The zero-order chi connectivity index (χ0) is 15.5. The van der Waals surface area contributed by atoms with E-state index in [1.165, 1.54) is 12.8 Å². The molecule has 1 aliphatic heterocycles. The van der Waals surface area contributed by atoms with E-state index in [0.29, 0.717) is 24.8 Å². The van der Waals surface area contributed by atoms with Crippen molar-refractivity contribution in [3.05, 3.63) is 0 Å². The van der Waals surface area contributed by atoms with Gasteiger partial charge in [0.1, 0.15) is 0 Å². The molecule has 132 valence electrons. The minimum absolute atomic E-state index is 0. The van der Waals surface area contributed by atoms with Crippen LogP contribution in [0.25, 0.3) is 0 Å². The van der Waals surface area contributed by atoms with Crippen LogP contribution in [0.2, 0.25) is 0 Å². The van der Waals surface area contributed by atoms with Crippen LogP contribution in [0, 0.1) is 17.8 Å². The molecule has 2 amide bonds. The smallest absolute Gasteiger partial charge is 0.224 e. The van der Waals surface area contributed by atoms with Crippen LogP contribution in [-0.4, -0.2) is 42.4 Å². The first-order valence-electron chi connectivity index (χ1n) is 8.98. The van der Waals surface area contributed by atoms with Crippen molar-refractivity contribution >= 4 is 24.2 Å².